The van der Waals surface area contributed by atoms with Gasteiger partial charge in [0.15, 0.2) is 5.76 Å². The fourth-order valence-electron chi connectivity index (χ4n) is 2.69. The van der Waals surface area contributed by atoms with Gasteiger partial charge in [-0.25, -0.2) is 0 Å². The second-order valence-corrected chi connectivity index (χ2v) is 6.11. The molecule has 0 aliphatic carbocycles. The largest absolute Gasteiger partial charge is 0.489 e. The summed E-state index contributed by atoms with van der Waals surface area (Å²) in [5, 5.41) is 0. The highest BCUT2D eigenvalue weighted by molar-refractivity contribution is 6.13. The summed E-state index contributed by atoms with van der Waals surface area (Å²) in [5.41, 5.74) is 4.52. The predicted molar refractivity (Wildman–Crippen MR) is 95.4 cm³/mol. The molecule has 24 heavy (non-hydrogen) atoms. The Balaban J connectivity index is 1.80. The van der Waals surface area contributed by atoms with Crippen molar-refractivity contribution >= 4 is 11.9 Å². The first-order valence-electron chi connectivity index (χ1n) is 7.88. The highest BCUT2D eigenvalue weighted by atomic mass is 16.5. The average Bonchev–Trinajstić information content (AvgIpc) is 2.91. The molecular formula is C21H20O3. The summed E-state index contributed by atoms with van der Waals surface area (Å²) in [4.78, 5) is 12.4. The number of ether oxygens (including phenoxy) is 2. The van der Waals surface area contributed by atoms with E-state index in [1.54, 1.807) is 6.07 Å². The van der Waals surface area contributed by atoms with Crippen molar-refractivity contribution in [3.8, 4) is 11.5 Å². The van der Waals surface area contributed by atoms with Gasteiger partial charge in [-0.15, -0.1) is 0 Å². The number of hydrogen-bond acceptors (Lipinski definition) is 3. The fraction of sp³-hybridized carbons (Fsp3) is 0.190. The van der Waals surface area contributed by atoms with E-state index in [0.29, 0.717) is 29.4 Å². The summed E-state index contributed by atoms with van der Waals surface area (Å²) in [6.45, 7) is 9.85. The average molecular weight is 320 g/mol. The van der Waals surface area contributed by atoms with E-state index < -0.39 is 0 Å². The van der Waals surface area contributed by atoms with Gasteiger partial charge in [0.2, 0.25) is 5.78 Å². The zero-order valence-electron chi connectivity index (χ0n) is 14.2. The lowest BCUT2D eigenvalue weighted by Crippen LogP contribution is -2.01. The minimum absolute atomic E-state index is 0.0472. The van der Waals surface area contributed by atoms with Gasteiger partial charge in [0.25, 0.3) is 0 Å². The summed E-state index contributed by atoms with van der Waals surface area (Å²) in [6.07, 6.45) is 1.81. The van der Waals surface area contributed by atoms with Crippen molar-refractivity contribution in [3.63, 3.8) is 0 Å². The van der Waals surface area contributed by atoms with Crippen molar-refractivity contribution in [2.24, 2.45) is 0 Å². The SMILES string of the molecule is C=Cc1ccc(COc2cc(C)c3c(c2)OC(=C(C)C)C3=O)cc1. The second kappa shape index (κ2) is 6.36. The van der Waals surface area contributed by atoms with Crippen molar-refractivity contribution in [1.82, 2.24) is 0 Å². The molecule has 0 N–H and O–H groups in total. The van der Waals surface area contributed by atoms with Gasteiger partial charge < -0.3 is 9.47 Å². The summed E-state index contributed by atoms with van der Waals surface area (Å²) in [6, 6.07) is 11.7. The molecule has 0 bridgehead atoms. The second-order valence-electron chi connectivity index (χ2n) is 6.11. The van der Waals surface area contributed by atoms with Gasteiger partial charge in [-0.05, 0) is 49.1 Å². The number of Topliss-reactive ketones (excluding diaryl/α,β-unsaturated/α-hetero) is 1. The van der Waals surface area contributed by atoms with E-state index in [1.165, 1.54) is 0 Å². The van der Waals surface area contributed by atoms with Crippen molar-refractivity contribution in [2.45, 2.75) is 27.4 Å². The van der Waals surface area contributed by atoms with Crippen LogP contribution in [0, 0.1) is 6.92 Å². The lowest BCUT2D eigenvalue weighted by Gasteiger charge is -2.09. The van der Waals surface area contributed by atoms with Crippen LogP contribution in [0.1, 0.15) is 40.9 Å². The lowest BCUT2D eigenvalue weighted by molar-refractivity contribution is 0.101. The van der Waals surface area contributed by atoms with Crippen molar-refractivity contribution < 1.29 is 14.3 Å². The summed E-state index contributed by atoms with van der Waals surface area (Å²) in [5.74, 6) is 1.65. The van der Waals surface area contributed by atoms with Crippen LogP contribution in [0.3, 0.4) is 0 Å². The number of ketones is 1. The van der Waals surface area contributed by atoms with Crippen LogP contribution in [0.5, 0.6) is 11.5 Å². The number of rotatable bonds is 4. The number of allylic oxidation sites excluding steroid dienone is 2. The van der Waals surface area contributed by atoms with Crippen molar-refractivity contribution in [2.75, 3.05) is 0 Å². The molecule has 0 unspecified atom stereocenters. The number of hydrogen-bond donors (Lipinski definition) is 0. The molecule has 0 amide bonds. The fourth-order valence-corrected chi connectivity index (χ4v) is 2.69. The molecule has 3 rings (SSSR count). The van der Waals surface area contributed by atoms with Crippen LogP contribution in [0.2, 0.25) is 0 Å². The highest BCUT2D eigenvalue weighted by Gasteiger charge is 2.30. The Labute approximate surface area is 142 Å². The summed E-state index contributed by atoms with van der Waals surface area (Å²) >= 11 is 0. The normalized spacial score (nSPS) is 12.6. The van der Waals surface area contributed by atoms with Crippen LogP contribution in [0.25, 0.3) is 6.08 Å². The number of carbonyl (C=O) groups excluding carboxylic acids is 1. The Hall–Kier alpha value is -2.81. The van der Waals surface area contributed by atoms with Crippen LogP contribution in [-0.4, -0.2) is 5.78 Å². The molecule has 2 aromatic carbocycles. The first-order valence-corrected chi connectivity index (χ1v) is 7.88. The molecule has 3 heteroatoms. The monoisotopic (exact) mass is 320 g/mol. The zero-order chi connectivity index (χ0) is 17.3. The van der Waals surface area contributed by atoms with Crippen LogP contribution in [-0.2, 0) is 6.61 Å². The van der Waals surface area contributed by atoms with Crippen molar-refractivity contribution in [3.05, 3.63) is 76.6 Å². The third-order valence-corrected chi connectivity index (χ3v) is 3.99. The van der Waals surface area contributed by atoms with Crippen LogP contribution in [0.15, 0.2) is 54.3 Å². The molecule has 0 saturated heterocycles. The predicted octanol–water partition coefficient (Wildman–Crippen LogP) is 5.09. The van der Waals surface area contributed by atoms with E-state index in [1.807, 2.05) is 57.2 Å². The molecular weight excluding hydrogens is 300 g/mol. The van der Waals surface area contributed by atoms with E-state index in [-0.39, 0.29) is 5.78 Å². The zero-order valence-corrected chi connectivity index (χ0v) is 14.2. The standard InChI is InChI=1S/C21H20O3/c1-5-15-6-8-16(9-7-15)12-23-17-10-14(4)19-18(11-17)24-21(13(2)3)20(19)22/h5-11H,1,12H2,2-4H3. The van der Waals surface area contributed by atoms with E-state index in [2.05, 4.69) is 6.58 Å². The quantitative estimate of drug-likeness (QED) is 0.736. The topological polar surface area (TPSA) is 35.5 Å². The molecule has 0 fully saturated rings. The smallest absolute Gasteiger partial charge is 0.232 e. The molecule has 1 heterocycles. The molecule has 1 aliphatic heterocycles. The lowest BCUT2D eigenvalue weighted by atomic mass is 10.0. The van der Waals surface area contributed by atoms with Crippen LogP contribution >= 0.6 is 0 Å². The van der Waals surface area contributed by atoms with Gasteiger partial charge in [-0.3, -0.25) is 4.79 Å². The molecule has 1 aliphatic rings. The molecule has 0 saturated carbocycles. The Morgan fingerprint density at radius 1 is 1.21 bits per heavy atom. The molecule has 0 aromatic heterocycles. The molecule has 2 aromatic rings. The third-order valence-electron chi connectivity index (χ3n) is 3.99. The molecule has 3 nitrogen and oxygen atoms in total. The maximum atomic E-state index is 12.4. The first kappa shape index (κ1) is 16.1. The van der Waals surface area contributed by atoms with Crippen molar-refractivity contribution in [1.29, 1.82) is 0 Å². The molecule has 122 valence electrons. The Bertz CT molecular complexity index is 838. The van der Waals surface area contributed by atoms with Gasteiger partial charge in [-0.2, -0.15) is 0 Å². The van der Waals surface area contributed by atoms with Gasteiger partial charge in [0.05, 0.1) is 5.56 Å². The maximum absolute atomic E-state index is 12.4. The summed E-state index contributed by atoms with van der Waals surface area (Å²) in [7, 11) is 0. The van der Waals surface area contributed by atoms with Gasteiger partial charge >= 0.3 is 0 Å². The van der Waals surface area contributed by atoms with E-state index in [4.69, 9.17) is 9.47 Å². The van der Waals surface area contributed by atoms with Crippen LogP contribution < -0.4 is 9.47 Å². The number of carbonyl (C=O) groups is 1. The van der Waals surface area contributed by atoms with Gasteiger partial charge in [-0.1, -0.05) is 36.9 Å². The van der Waals surface area contributed by atoms with E-state index >= 15 is 0 Å². The van der Waals surface area contributed by atoms with E-state index in [0.717, 1.165) is 22.3 Å². The minimum atomic E-state index is -0.0472. The van der Waals surface area contributed by atoms with Gasteiger partial charge in [0, 0.05) is 6.07 Å². The Kier molecular flexibility index (Phi) is 4.26. The highest BCUT2D eigenvalue weighted by Crippen LogP contribution is 2.37. The van der Waals surface area contributed by atoms with E-state index in [9.17, 15) is 4.79 Å². The van der Waals surface area contributed by atoms with Gasteiger partial charge in [0.1, 0.15) is 18.1 Å². The summed E-state index contributed by atoms with van der Waals surface area (Å²) < 4.78 is 11.6. The molecule has 0 radical (unpaired) electrons. The third kappa shape index (κ3) is 2.98. The van der Waals surface area contributed by atoms with Crippen LogP contribution in [0.4, 0.5) is 0 Å². The minimum Gasteiger partial charge on any atom is -0.489 e. The Morgan fingerprint density at radius 2 is 1.92 bits per heavy atom. The first-order chi connectivity index (χ1) is 11.5. The maximum Gasteiger partial charge on any atom is 0.232 e. The Morgan fingerprint density at radius 3 is 2.54 bits per heavy atom. The number of aryl methyl sites for hydroxylation is 1. The molecule has 0 atom stereocenters. The molecule has 0 spiro atoms. The number of fused-ring (bicyclic) bond motifs is 1. The number of benzene rings is 2.